The van der Waals surface area contributed by atoms with Crippen molar-refractivity contribution in [3.05, 3.63) is 0 Å². The molecule has 0 bridgehead atoms. The van der Waals surface area contributed by atoms with Crippen molar-refractivity contribution in [2.75, 3.05) is 112 Å². The molecule has 0 aromatic rings. The molecule has 0 radical (unpaired) electrons. The highest BCUT2D eigenvalue weighted by atomic mass is 16.7. The number of rotatable bonds is 26. The van der Waals surface area contributed by atoms with Gasteiger partial charge in [-0.1, -0.05) is 0 Å². The fraction of sp³-hybridized carbons (Fsp3) is 0.958. The van der Waals surface area contributed by atoms with Crippen LogP contribution in [0.4, 0.5) is 0 Å². The van der Waals surface area contributed by atoms with Gasteiger partial charge in [0.25, 0.3) is 0 Å². The van der Waals surface area contributed by atoms with Crippen molar-refractivity contribution < 1.29 is 52.2 Å². The van der Waals surface area contributed by atoms with E-state index in [-0.39, 0.29) is 18.7 Å². The molecule has 0 aromatic carbocycles. The summed E-state index contributed by atoms with van der Waals surface area (Å²) in [4.78, 5) is 11.1. The normalized spacial score (nSPS) is 16.0. The summed E-state index contributed by atoms with van der Waals surface area (Å²) in [6.45, 7) is 10.4. The monoisotopic (exact) mass is 510 g/mol. The SMILES string of the molecule is CCOC(=O)CCOCCOCCOCCOCCOCCOCCOCCOC1CCCCO1. The lowest BCUT2D eigenvalue weighted by atomic mass is 10.2. The summed E-state index contributed by atoms with van der Waals surface area (Å²) in [5.41, 5.74) is 0. The van der Waals surface area contributed by atoms with Gasteiger partial charge in [-0.15, -0.1) is 0 Å². The first kappa shape index (κ1) is 32.1. The van der Waals surface area contributed by atoms with E-state index < -0.39 is 0 Å². The van der Waals surface area contributed by atoms with Gasteiger partial charge in [0, 0.05) is 6.61 Å². The van der Waals surface area contributed by atoms with Gasteiger partial charge in [0.2, 0.25) is 0 Å². The summed E-state index contributed by atoms with van der Waals surface area (Å²) >= 11 is 0. The molecule has 1 aliphatic rings. The summed E-state index contributed by atoms with van der Waals surface area (Å²) < 4.78 is 53.8. The zero-order chi connectivity index (χ0) is 25.1. The maximum atomic E-state index is 11.1. The van der Waals surface area contributed by atoms with E-state index in [0.717, 1.165) is 19.4 Å². The van der Waals surface area contributed by atoms with Gasteiger partial charge in [0.1, 0.15) is 0 Å². The van der Waals surface area contributed by atoms with Gasteiger partial charge in [-0.25, -0.2) is 0 Å². The van der Waals surface area contributed by atoms with Gasteiger partial charge in [0.15, 0.2) is 6.29 Å². The van der Waals surface area contributed by atoms with Crippen LogP contribution in [0.1, 0.15) is 32.6 Å². The summed E-state index contributed by atoms with van der Waals surface area (Å²) in [5.74, 6) is -0.246. The molecule has 1 unspecified atom stereocenters. The van der Waals surface area contributed by atoms with Crippen LogP contribution in [0.5, 0.6) is 0 Å². The van der Waals surface area contributed by atoms with Crippen molar-refractivity contribution in [3.63, 3.8) is 0 Å². The molecule has 11 heteroatoms. The van der Waals surface area contributed by atoms with Crippen molar-refractivity contribution in [1.82, 2.24) is 0 Å². The molecule has 1 fully saturated rings. The van der Waals surface area contributed by atoms with Gasteiger partial charge in [-0.2, -0.15) is 0 Å². The van der Waals surface area contributed by atoms with Gasteiger partial charge in [-0.05, 0) is 26.2 Å². The van der Waals surface area contributed by atoms with E-state index in [9.17, 15) is 4.79 Å². The van der Waals surface area contributed by atoms with Crippen LogP contribution in [0.3, 0.4) is 0 Å². The quantitative estimate of drug-likeness (QED) is 0.125. The number of esters is 1. The van der Waals surface area contributed by atoms with Gasteiger partial charge < -0.3 is 47.4 Å². The van der Waals surface area contributed by atoms with Crippen molar-refractivity contribution in [3.8, 4) is 0 Å². The average molecular weight is 511 g/mol. The lowest BCUT2D eigenvalue weighted by Gasteiger charge is -2.22. The first-order valence-electron chi connectivity index (χ1n) is 12.8. The van der Waals surface area contributed by atoms with E-state index in [0.29, 0.717) is 106 Å². The Morgan fingerprint density at radius 2 is 1.06 bits per heavy atom. The number of ether oxygens (including phenoxy) is 10. The number of hydrogen-bond donors (Lipinski definition) is 0. The molecule has 1 heterocycles. The molecule has 1 atom stereocenters. The minimum atomic E-state index is -0.246. The summed E-state index contributed by atoms with van der Waals surface area (Å²) in [7, 11) is 0. The third kappa shape index (κ3) is 23.3. The average Bonchev–Trinajstić information content (AvgIpc) is 2.87. The highest BCUT2D eigenvalue weighted by Gasteiger charge is 2.13. The Hall–Kier alpha value is -0.890. The molecular weight excluding hydrogens is 464 g/mol. The minimum Gasteiger partial charge on any atom is -0.466 e. The maximum Gasteiger partial charge on any atom is 0.308 e. The summed E-state index contributed by atoms with van der Waals surface area (Å²) in [6, 6.07) is 0. The predicted octanol–water partition coefficient (Wildman–Crippen LogP) is 1.60. The van der Waals surface area contributed by atoms with E-state index >= 15 is 0 Å². The molecule has 208 valence electrons. The molecule has 1 rings (SSSR count). The molecule has 0 N–H and O–H groups in total. The smallest absolute Gasteiger partial charge is 0.308 e. The Bertz CT molecular complexity index is 447. The van der Waals surface area contributed by atoms with Crippen molar-refractivity contribution in [1.29, 1.82) is 0 Å². The minimum absolute atomic E-state index is 0.0643. The van der Waals surface area contributed by atoms with Crippen LogP contribution in [-0.4, -0.2) is 125 Å². The van der Waals surface area contributed by atoms with Crippen LogP contribution in [0.2, 0.25) is 0 Å². The predicted molar refractivity (Wildman–Crippen MR) is 127 cm³/mol. The Kier molecular flexibility index (Phi) is 24.0. The Balaban J connectivity index is 1.63. The highest BCUT2D eigenvalue weighted by Crippen LogP contribution is 2.13. The van der Waals surface area contributed by atoms with Gasteiger partial charge in [0.05, 0.1) is 112 Å². The molecular formula is C24H46O11. The molecule has 0 aliphatic carbocycles. The highest BCUT2D eigenvalue weighted by molar-refractivity contribution is 5.69. The molecule has 0 saturated carbocycles. The largest absolute Gasteiger partial charge is 0.466 e. The first-order chi connectivity index (χ1) is 17.3. The fourth-order valence-electron chi connectivity index (χ4n) is 2.89. The molecule has 11 nitrogen and oxygen atoms in total. The van der Waals surface area contributed by atoms with E-state index in [2.05, 4.69) is 0 Å². The zero-order valence-electron chi connectivity index (χ0n) is 21.4. The molecule has 1 aliphatic heterocycles. The number of hydrogen-bond acceptors (Lipinski definition) is 11. The number of carbonyl (C=O) groups excluding carboxylic acids is 1. The second kappa shape index (κ2) is 26.2. The van der Waals surface area contributed by atoms with Crippen LogP contribution < -0.4 is 0 Å². The van der Waals surface area contributed by atoms with E-state index in [4.69, 9.17) is 47.4 Å². The molecule has 0 amide bonds. The first-order valence-corrected chi connectivity index (χ1v) is 12.8. The van der Waals surface area contributed by atoms with Crippen LogP contribution >= 0.6 is 0 Å². The molecule has 1 saturated heterocycles. The maximum absolute atomic E-state index is 11.1. The van der Waals surface area contributed by atoms with E-state index in [1.807, 2.05) is 0 Å². The Morgan fingerprint density at radius 1 is 0.629 bits per heavy atom. The Morgan fingerprint density at radius 3 is 1.46 bits per heavy atom. The molecule has 0 aromatic heterocycles. The van der Waals surface area contributed by atoms with E-state index in [1.54, 1.807) is 6.92 Å². The van der Waals surface area contributed by atoms with Gasteiger partial charge >= 0.3 is 5.97 Å². The van der Waals surface area contributed by atoms with Crippen LogP contribution in [0.25, 0.3) is 0 Å². The zero-order valence-corrected chi connectivity index (χ0v) is 21.4. The Labute approximate surface area is 209 Å². The van der Waals surface area contributed by atoms with Crippen molar-refractivity contribution in [2.24, 2.45) is 0 Å². The summed E-state index contributed by atoms with van der Waals surface area (Å²) in [5, 5.41) is 0. The lowest BCUT2D eigenvalue weighted by molar-refractivity contribution is -0.169. The number of carbonyl (C=O) groups is 1. The lowest BCUT2D eigenvalue weighted by Crippen LogP contribution is -2.24. The van der Waals surface area contributed by atoms with Crippen LogP contribution in [0.15, 0.2) is 0 Å². The summed E-state index contributed by atoms with van der Waals surface area (Å²) in [6.07, 6.45) is 3.46. The van der Waals surface area contributed by atoms with Crippen LogP contribution in [-0.2, 0) is 52.2 Å². The third-order valence-corrected chi connectivity index (χ3v) is 4.66. The van der Waals surface area contributed by atoms with Crippen molar-refractivity contribution in [2.45, 2.75) is 38.9 Å². The fourth-order valence-corrected chi connectivity index (χ4v) is 2.89. The molecule has 35 heavy (non-hydrogen) atoms. The van der Waals surface area contributed by atoms with Crippen LogP contribution in [0, 0.1) is 0 Å². The second-order valence-corrected chi connectivity index (χ2v) is 7.51. The van der Waals surface area contributed by atoms with Crippen molar-refractivity contribution >= 4 is 5.97 Å². The standard InChI is InChI=1S/C24H46O11/c1-2-33-23(25)6-8-26-9-10-27-11-12-28-13-14-29-15-16-30-17-18-31-19-20-32-21-22-35-24-5-3-4-7-34-24/h24H,2-22H2,1H3. The van der Waals surface area contributed by atoms with Gasteiger partial charge in [-0.3, -0.25) is 4.79 Å². The second-order valence-electron chi connectivity index (χ2n) is 7.51. The van der Waals surface area contributed by atoms with E-state index in [1.165, 1.54) is 6.42 Å². The molecule has 0 spiro atoms. The third-order valence-electron chi connectivity index (χ3n) is 4.66. The topological polar surface area (TPSA) is 109 Å².